The highest BCUT2D eigenvalue weighted by molar-refractivity contribution is 8.00. The Morgan fingerprint density at radius 3 is 1.08 bits per heavy atom. The third-order valence-corrected chi connectivity index (χ3v) is 3.00. The zero-order chi connectivity index (χ0) is 10.9. The number of rotatable bonds is 4. The van der Waals surface area contributed by atoms with Crippen molar-refractivity contribution in [2.24, 2.45) is 0 Å². The summed E-state index contributed by atoms with van der Waals surface area (Å²) in [7, 11) is -17.1. The third-order valence-electron chi connectivity index (χ3n) is 0.333. The van der Waals surface area contributed by atoms with Gasteiger partial charge in [-0.1, -0.05) is 0 Å². The highest BCUT2D eigenvalue weighted by Gasteiger charge is 2.20. The molecule has 0 aliphatic carbocycles. The SMILES string of the molecule is O=S(=O)([O-])OS(=O)(=O)OS(=O)(=O)[O-]. The highest BCUT2D eigenvalue weighted by atomic mass is 32.3. The summed E-state index contributed by atoms with van der Waals surface area (Å²) >= 11 is 0. The van der Waals surface area contributed by atoms with Crippen LogP contribution in [0.25, 0.3) is 0 Å². The largest absolute Gasteiger partial charge is 0.725 e. The summed E-state index contributed by atoms with van der Waals surface area (Å²) < 4.78 is 82.9. The van der Waals surface area contributed by atoms with E-state index in [0.717, 1.165) is 0 Å². The monoisotopic (exact) mass is 256 g/mol. The molecule has 0 aliphatic heterocycles. The Kier molecular flexibility index (Phi) is 3.36. The molecule has 0 amide bonds. The van der Waals surface area contributed by atoms with Gasteiger partial charge in [0.2, 0.25) is 20.8 Å². The van der Waals surface area contributed by atoms with Gasteiger partial charge in [0.1, 0.15) is 0 Å². The van der Waals surface area contributed by atoms with Crippen molar-refractivity contribution >= 4 is 31.2 Å². The summed E-state index contributed by atoms with van der Waals surface area (Å²) in [5.41, 5.74) is 0. The van der Waals surface area contributed by atoms with Crippen LogP contribution in [0.2, 0.25) is 0 Å². The second kappa shape index (κ2) is 3.45. The van der Waals surface area contributed by atoms with Gasteiger partial charge in [0, 0.05) is 0 Å². The van der Waals surface area contributed by atoms with Gasteiger partial charge in [0.05, 0.1) is 0 Å². The minimum atomic E-state index is -5.72. The van der Waals surface area contributed by atoms with Crippen LogP contribution in [-0.2, 0) is 38.5 Å². The fraction of sp³-hybridized carbons (Fsp3) is 0. The molecule has 13 heavy (non-hydrogen) atoms. The van der Waals surface area contributed by atoms with Gasteiger partial charge in [-0.15, -0.1) is 7.26 Å². The summed E-state index contributed by atoms with van der Waals surface area (Å²) in [6.07, 6.45) is 0. The quantitative estimate of drug-likeness (QED) is 0.378. The normalized spacial score (nSPS) is 14.3. The van der Waals surface area contributed by atoms with E-state index in [1.807, 2.05) is 0 Å². The van der Waals surface area contributed by atoms with E-state index in [0.29, 0.717) is 0 Å². The van der Waals surface area contributed by atoms with Crippen LogP contribution in [0.3, 0.4) is 0 Å². The molecule has 0 aromatic heterocycles. The summed E-state index contributed by atoms with van der Waals surface area (Å²) in [6, 6.07) is 0. The van der Waals surface area contributed by atoms with Crippen LogP contribution in [0.4, 0.5) is 0 Å². The van der Waals surface area contributed by atoms with Gasteiger partial charge >= 0.3 is 10.4 Å². The molecule has 0 unspecified atom stereocenters. The molecule has 10 nitrogen and oxygen atoms in total. The van der Waals surface area contributed by atoms with E-state index in [4.69, 9.17) is 0 Å². The van der Waals surface area contributed by atoms with Crippen LogP contribution in [0, 0.1) is 0 Å². The number of hydrogen-bond donors (Lipinski definition) is 0. The predicted molar refractivity (Wildman–Crippen MR) is 30.5 cm³/mol. The van der Waals surface area contributed by atoms with Gasteiger partial charge in [-0.25, -0.2) is 16.8 Å². The van der Waals surface area contributed by atoms with Crippen LogP contribution in [0.5, 0.6) is 0 Å². The van der Waals surface area contributed by atoms with Crippen LogP contribution in [0.15, 0.2) is 0 Å². The summed E-state index contributed by atoms with van der Waals surface area (Å²) in [5.74, 6) is 0. The van der Waals surface area contributed by atoms with Gasteiger partial charge in [0.15, 0.2) is 0 Å². The van der Waals surface area contributed by atoms with E-state index in [-0.39, 0.29) is 0 Å². The van der Waals surface area contributed by atoms with Crippen LogP contribution < -0.4 is 0 Å². The van der Waals surface area contributed by atoms with Crippen molar-refractivity contribution < 1.29 is 41.6 Å². The lowest BCUT2D eigenvalue weighted by molar-refractivity contribution is 0.319. The standard InChI is InChI=1S/H2O10S3/c1-11(2,3)9-13(7,8)10-12(4,5)6/h(H,1,2,3)(H,4,5,6)/p-2. The van der Waals surface area contributed by atoms with Gasteiger partial charge < -0.3 is 9.11 Å². The van der Waals surface area contributed by atoms with Gasteiger partial charge in [-0.05, 0) is 0 Å². The number of hydrogen-bond acceptors (Lipinski definition) is 10. The van der Waals surface area contributed by atoms with E-state index >= 15 is 0 Å². The first kappa shape index (κ1) is 12.7. The van der Waals surface area contributed by atoms with Crippen molar-refractivity contribution in [3.63, 3.8) is 0 Å². The van der Waals surface area contributed by atoms with Crippen molar-refractivity contribution in [1.29, 1.82) is 0 Å². The zero-order valence-electron chi connectivity index (χ0n) is 5.31. The lowest BCUT2D eigenvalue weighted by atomic mass is 15.7. The Labute approximate surface area is 73.3 Å². The average Bonchev–Trinajstić information content (AvgIpc) is 1.43. The minimum absolute atomic E-state index is 2.59. The van der Waals surface area contributed by atoms with Crippen molar-refractivity contribution in [3.05, 3.63) is 0 Å². The Bertz CT molecular complexity index is 414. The van der Waals surface area contributed by atoms with Crippen LogP contribution in [-0.4, -0.2) is 34.4 Å². The molecule has 0 saturated heterocycles. The van der Waals surface area contributed by atoms with Gasteiger partial charge in [-0.3, -0.25) is 0 Å². The summed E-state index contributed by atoms with van der Waals surface area (Å²) in [5, 5.41) is 0. The second-order valence-electron chi connectivity index (χ2n) is 1.36. The maximum atomic E-state index is 10.1. The van der Waals surface area contributed by atoms with Gasteiger partial charge in [0.25, 0.3) is 0 Å². The van der Waals surface area contributed by atoms with Crippen molar-refractivity contribution in [2.45, 2.75) is 0 Å². The molecule has 0 heterocycles. The molecule has 0 bridgehead atoms. The fourth-order valence-electron chi connectivity index (χ4n) is 0.215. The fourth-order valence-corrected chi connectivity index (χ4v) is 2.14. The first-order valence-electron chi connectivity index (χ1n) is 2.00. The lowest BCUT2D eigenvalue weighted by Crippen LogP contribution is -2.19. The predicted octanol–water partition coefficient (Wildman–Crippen LogP) is -2.82. The molecule has 0 aromatic carbocycles. The van der Waals surface area contributed by atoms with Crippen molar-refractivity contribution in [1.82, 2.24) is 0 Å². The van der Waals surface area contributed by atoms with E-state index in [9.17, 15) is 34.4 Å². The molecule has 0 rings (SSSR count). The van der Waals surface area contributed by atoms with Gasteiger partial charge in [-0.2, -0.15) is 8.42 Å². The van der Waals surface area contributed by atoms with Crippen LogP contribution in [0.1, 0.15) is 0 Å². The molecule has 0 N–H and O–H groups in total. The van der Waals surface area contributed by atoms with Crippen LogP contribution >= 0.6 is 0 Å². The minimum Gasteiger partial charge on any atom is -0.725 e. The first-order valence-corrected chi connectivity index (χ1v) is 6.00. The van der Waals surface area contributed by atoms with Crippen molar-refractivity contribution in [3.8, 4) is 0 Å². The molecule has 80 valence electrons. The Morgan fingerprint density at radius 1 is 0.692 bits per heavy atom. The van der Waals surface area contributed by atoms with E-state index in [1.165, 1.54) is 0 Å². The second-order valence-corrected chi connectivity index (χ2v) is 4.90. The molecule has 0 aromatic rings. The third kappa shape index (κ3) is 8.03. The molecular formula is O10S3-2. The Hall–Kier alpha value is -0.310. The van der Waals surface area contributed by atoms with E-state index in [2.05, 4.69) is 7.26 Å². The van der Waals surface area contributed by atoms with Crippen molar-refractivity contribution in [2.75, 3.05) is 0 Å². The highest BCUT2D eigenvalue weighted by Crippen LogP contribution is 2.03. The molecule has 0 atom stereocenters. The Morgan fingerprint density at radius 2 is 0.923 bits per heavy atom. The smallest absolute Gasteiger partial charge is 0.427 e. The maximum absolute atomic E-state index is 10.1. The molecule has 13 heteroatoms. The lowest BCUT2D eigenvalue weighted by Gasteiger charge is -2.08. The maximum Gasteiger partial charge on any atom is 0.427 e. The molecule has 0 spiro atoms. The summed E-state index contributed by atoms with van der Waals surface area (Å²) in [6.45, 7) is 0. The Balaban J connectivity index is 4.86. The first-order chi connectivity index (χ1) is 5.41. The summed E-state index contributed by atoms with van der Waals surface area (Å²) in [4.78, 5) is 0. The molecule has 0 aliphatic rings. The molecule has 0 fully saturated rings. The zero-order valence-corrected chi connectivity index (χ0v) is 7.76. The molecule has 0 saturated carbocycles. The van der Waals surface area contributed by atoms with E-state index in [1.54, 1.807) is 0 Å². The van der Waals surface area contributed by atoms with E-state index < -0.39 is 31.2 Å². The topological polar surface area (TPSA) is 167 Å². The average molecular weight is 256 g/mol. The molecular weight excluding hydrogens is 256 g/mol. The molecule has 0 radical (unpaired) electrons.